The van der Waals surface area contributed by atoms with Crippen LogP contribution in [0, 0.1) is 6.92 Å². The molecule has 96 valence electrons. The zero-order valence-corrected chi connectivity index (χ0v) is 10.9. The second kappa shape index (κ2) is 6.81. The fourth-order valence-electron chi connectivity index (χ4n) is 1.33. The number of carbonyl (C=O) groups excluding carboxylic acids is 2. The first-order valence-electron chi connectivity index (χ1n) is 5.47. The molecule has 0 aliphatic carbocycles. The summed E-state index contributed by atoms with van der Waals surface area (Å²) in [6.45, 7) is 5.62. The number of nitrogens with one attached hydrogen (secondary N) is 2. The van der Waals surface area contributed by atoms with E-state index in [0.29, 0.717) is 17.3 Å². The lowest BCUT2D eigenvalue weighted by molar-refractivity contribution is -0.126. The smallest absolute Gasteiger partial charge is 0.233 e. The fourth-order valence-corrected chi connectivity index (χ4v) is 1.51. The lowest BCUT2D eigenvalue weighted by Crippen LogP contribution is -2.28. The molecule has 0 saturated carbocycles. The summed E-state index contributed by atoms with van der Waals surface area (Å²) >= 11 is 5.93. The summed E-state index contributed by atoms with van der Waals surface area (Å²) in [5.74, 6) is -0.714. The van der Waals surface area contributed by atoms with Gasteiger partial charge >= 0.3 is 0 Å². The summed E-state index contributed by atoms with van der Waals surface area (Å²) in [4.78, 5) is 22.9. The summed E-state index contributed by atoms with van der Waals surface area (Å²) < 4.78 is 0. The molecule has 1 rings (SSSR count). The van der Waals surface area contributed by atoms with Gasteiger partial charge in [-0.15, -0.1) is 6.58 Å². The van der Waals surface area contributed by atoms with E-state index in [2.05, 4.69) is 17.2 Å². The molecule has 1 aromatic carbocycles. The van der Waals surface area contributed by atoms with Crippen molar-refractivity contribution in [3.8, 4) is 0 Å². The van der Waals surface area contributed by atoms with Crippen LogP contribution in [0.2, 0.25) is 5.02 Å². The Bertz CT molecular complexity index is 472. The minimum atomic E-state index is -0.373. The molecular formula is C13H15ClN2O2. The zero-order chi connectivity index (χ0) is 13.5. The van der Waals surface area contributed by atoms with Crippen molar-refractivity contribution < 1.29 is 9.59 Å². The average molecular weight is 267 g/mol. The van der Waals surface area contributed by atoms with Crippen LogP contribution in [0.3, 0.4) is 0 Å². The second-order valence-corrected chi connectivity index (χ2v) is 4.14. The molecule has 0 atom stereocenters. The summed E-state index contributed by atoms with van der Waals surface area (Å²) in [7, 11) is 0. The molecule has 0 unspecified atom stereocenters. The highest BCUT2D eigenvalue weighted by molar-refractivity contribution is 6.31. The highest BCUT2D eigenvalue weighted by Gasteiger charge is 2.10. The van der Waals surface area contributed by atoms with Crippen molar-refractivity contribution in [2.45, 2.75) is 13.3 Å². The molecule has 0 radical (unpaired) electrons. The SMILES string of the molecule is C=CCNC(=O)CC(=O)Nc1cccc(Cl)c1C. The highest BCUT2D eigenvalue weighted by Crippen LogP contribution is 2.22. The van der Waals surface area contributed by atoms with E-state index in [0.717, 1.165) is 5.56 Å². The third-order valence-electron chi connectivity index (χ3n) is 2.31. The molecule has 0 saturated heterocycles. The number of amides is 2. The lowest BCUT2D eigenvalue weighted by atomic mass is 10.2. The molecule has 2 N–H and O–H groups in total. The van der Waals surface area contributed by atoms with Crippen LogP contribution in [0.15, 0.2) is 30.9 Å². The van der Waals surface area contributed by atoms with Gasteiger partial charge in [0.2, 0.25) is 11.8 Å². The van der Waals surface area contributed by atoms with Crippen LogP contribution < -0.4 is 10.6 Å². The van der Waals surface area contributed by atoms with Crippen molar-refractivity contribution in [2.75, 3.05) is 11.9 Å². The van der Waals surface area contributed by atoms with Crippen molar-refractivity contribution in [1.82, 2.24) is 5.32 Å². The van der Waals surface area contributed by atoms with Gasteiger partial charge < -0.3 is 10.6 Å². The molecule has 18 heavy (non-hydrogen) atoms. The van der Waals surface area contributed by atoms with E-state index in [-0.39, 0.29) is 18.2 Å². The molecular weight excluding hydrogens is 252 g/mol. The molecule has 0 fully saturated rings. The van der Waals surface area contributed by atoms with E-state index in [1.807, 2.05) is 0 Å². The molecule has 0 aromatic heterocycles. The van der Waals surface area contributed by atoms with Crippen LogP contribution in [0.1, 0.15) is 12.0 Å². The molecule has 0 heterocycles. The predicted molar refractivity (Wildman–Crippen MR) is 72.6 cm³/mol. The highest BCUT2D eigenvalue weighted by atomic mass is 35.5. The van der Waals surface area contributed by atoms with Gasteiger partial charge in [0, 0.05) is 17.3 Å². The first-order chi connectivity index (χ1) is 8.54. The molecule has 0 aliphatic heterocycles. The van der Waals surface area contributed by atoms with Gasteiger partial charge in [0.15, 0.2) is 0 Å². The summed E-state index contributed by atoms with van der Waals surface area (Å²) in [5.41, 5.74) is 1.39. The van der Waals surface area contributed by atoms with Crippen molar-refractivity contribution in [1.29, 1.82) is 0 Å². The Hall–Kier alpha value is -1.81. The van der Waals surface area contributed by atoms with Gasteiger partial charge in [-0.2, -0.15) is 0 Å². The number of anilines is 1. The number of hydrogen-bond acceptors (Lipinski definition) is 2. The van der Waals surface area contributed by atoms with Crippen molar-refractivity contribution in [2.24, 2.45) is 0 Å². The Morgan fingerprint density at radius 1 is 1.39 bits per heavy atom. The van der Waals surface area contributed by atoms with E-state index in [9.17, 15) is 9.59 Å². The monoisotopic (exact) mass is 266 g/mol. The third kappa shape index (κ3) is 4.22. The maximum Gasteiger partial charge on any atom is 0.233 e. The minimum Gasteiger partial charge on any atom is -0.352 e. The van der Waals surface area contributed by atoms with Gasteiger partial charge in [-0.05, 0) is 24.6 Å². The van der Waals surface area contributed by atoms with E-state index in [1.165, 1.54) is 0 Å². The van der Waals surface area contributed by atoms with Crippen LogP contribution >= 0.6 is 11.6 Å². The maximum absolute atomic E-state index is 11.6. The van der Waals surface area contributed by atoms with Gasteiger partial charge in [-0.3, -0.25) is 9.59 Å². The Kier molecular flexibility index (Phi) is 5.39. The largest absolute Gasteiger partial charge is 0.352 e. The quantitative estimate of drug-likeness (QED) is 0.635. The van der Waals surface area contributed by atoms with Crippen LogP contribution in [0.4, 0.5) is 5.69 Å². The first-order valence-corrected chi connectivity index (χ1v) is 5.85. The molecule has 1 aromatic rings. The number of rotatable bonds is 5. The normalized spacial score (nSPS) is 9.67. The Labute approximate surface area is 111 Å². The fraction of sp³-hybridized carbons (Fsp3) is 0.231. The van der Waals surface area contributed by atoms with Crippen molar-refractivity contribution in [3.63, 3.8) is 0 Å². The van der Waals surface area contributed by atoms with Gasteiger partial charge in [0.25, 0.3) is 0 Å². The maximum atomic E-state index is 11.6. The van der Waals surface area contributed by atoms with E-state index in [1.54, 1.807) is 31.2 Å². The summed E-state index contributed by atoms with van der Waals surface area (Å²) in [5, 5.41) is 5.75. The molecule has 4 nitrogen and oxygen atoms in total. The second-order valence-electron chi connectivity index (χ2n) is 3.73. The molecule has 2 amide bonds. The standard InChI is InChI=1S/C13H15ClN2O2/c1-3-7-15-12(17)8-13(18)16-11-6-4-5-10(14)9(11)2/h3-6H,1,7-8H2,2H3,(H,15,17)(H,16,18). The average Bonchev–Trinajstić information content (AvgIpc) is 2.32. The van der Waals surface area contributed by atoms with Gasteiger partial charge in [-0.25, -0.2) is 0 Å². The van der Waals surface area contributed by atoms with Crippen LogP contribution in [0.5, 0.6) is 0 Å². The topological polar surface area (TPSA) is 58.2 Å². The first kappa shape index (κ1) is 14.3. The van der Waals surface area contributed by atoms with E-state index in [4.69, 9.17) is 11.6 Å². The summed E-state index contributed by atoms with van der Waals surface area (Å²) in [6.07, 6.45) is 1.33. The van der Waals surface area contributed by atoms with Crippen LogP contribution in [-0.4, -0.2) is 18.4 Å². The van der Waals surface area contributed by atoms with Crippen LogP contribution in [-0.2, 0) is 9.59 Å². The van der Waals surface area contributed by atoms with E-state index < -0.39 is 0 Å². The van der Waals surface area contributed by atoms with E-state index >= 15 is 0 Å². The Morgan fingerprint density at radius 3 is 2.78 bits per heavy atom. The van der Waals surface area contributed by atoms with Crippen LogP contribution in [0.25, 0.3) is 0 Å². The number of benzene rings is 1. The molecule has 5 heteroatoms. The molecule has 0 aliphatic rings. The minimum absolute atomic E-state index is 0.222. The van der Waals surface area contributed by atoms with Crippen molar-refractivity contribution in [3.05, 3.63) is 41.4 Å². The van der Waals surface area contributed by atoms with Gasteiger partial charge in [-0.1, -0.05) is 23.7 Å². The molecule has 0 spiro atoms. The van der Waals surface area contributed by atoms with Gasteiger partial charge in [0.1, 0.15) is 6.42 Å². The Balaban J connectivity index is 2.57. The molecule has 0 bridgehead atoms. The summed E-state index contributed by atoms with van der Waals surface area (Å²) in [6, 6.07) is 5.22. The predicted octanol–water partition coefficient (Wildman–Crippen LogP) is 2.28. The van der Waals surface area contributed by atoms with Gasteiger partial charge in [0.05, 0.1) is 0 Å². The zero-order valence-electron chi connectivity index (χ0n) is 10.1. The van der Waals surface area contributed by atoms with Crippen molar-refractivity contribution >= 4 is 29.1 Å². The Morgan fingerprint density at radius 2 is 2.11 bits per heavy atom. The number of carbonyl (C=O) groups is 2. The number of hydrogen-bond donors (Lipinski definition) is 2. The third-order valence-corrected chi connectivity index (χ3v) is 2.72. The lowest BCUT2D eigenvalue weighted by Gasteiger charge is -2.09. The number of halogens is 1.